The third-order valence-corrected chi connectivity index (χ3v) is 2.21. The van der Waals surface area contributed by atoms with Crippen molar-refractivity contribution in [3.05, 3.63) is 36.1 Å². The SMILES string of the molecule is C=C(OC1C=C(C(=O)O)C=CC1C)C(=O)O. The van der Waals surface area contributed by atoms with Crippen LogP contribution in [0.5, 0.6) is 0 Å². The van der Waals surface area contributed by atoms with E-state index in [1.54, 1.807) is 13.0 Å². The fraction of sp³-hybridized carbons (Fsp3) is 0.273. The summed E-state index contributed by atoms with van der Waals surface area (Å²) in [6.45, 7) is 5.03. The molecule has 0 saturated carbocycles. The van der Waals surface area contributed by atoms with Gasteiger partial charge in [-0.3, -0.25) is 0 Å². The van der Waals surface area contributed by atoms with Gasteiger partial charge in [-0.05, 0) is 12.7 Å². The van der Waals surface area contributed by atoms with E-state index in [1.165, 1.54) is 12.2 Å². The largest absolute Gasteiger partial charge is 0.479 e. The van der Waals surface area contributed by atoms with E-state index < -0.39 is 23.8 Å². The second kappa shape index (κ2) is 4.65. The van der Waals surface area contributed by atoms with Crippen molar-refractivity contribution >= 4 is 11.9 Å². The summed E-state index contributed by atoms with van der Waals surface area (Å²) in [7, 11) is 0. The van der Waals surface area contributed by atoms with Gasteiger partial charge in [0.2, 0.25) is 0 Å². The maximum Gasteiger partial charge on any atom is 0.370 e. The molecule has 2 N–H and O–H groups in total. The van der Waals surface area contributed by atoms with Gasteiger partial charge in [0.25, 0.3) is 0 Å². The molecule has 1 aliphatic carbocycles. The molecule has 5 nitrogen and oxygen atoms in total. The van der Waals surface area contributed by atoms with Gasteiger partial charge in [0, 0.05) is 5.92 Å². The Balaban J connectivity index is 2.80. The van der Waals surface area contributed by atoms with Gasteiger partial charge in [-0.1, -0.05) is 19.1 Å². The summed E-state index contributed by atoms with van der Waals surface area (Å²) in [5, 5.41) is 17.4. The van der Waals surface area contributed by atoms with Crippen molar-refractivity contribution in [1.29, 1.82) is 0 Å². The lowest BCUT2D eigenvalue weighted by Gasteiger charge is -2.23. The zero-order chi connectivity index (χ0) is 12.3. The van der Waals surface area contributed by atoms with Gasteiger partial charge in [0.15, 0.2) is 5.76 Å². The molecule has 0 aromatic heterocycles. The van der Waals surface area contributed by atoms with Gasteiger partial charge >= 0.3 is 11.9 Å². The molecule has 1 aliphatic rings. The van der Waals surface area contributed by atoms with Crippen LogP contribution >= 0.6 is 0 Å². The first-order chi connectivity index (χ1) is 7.41. The smallest absolute Gasteiger partial charge is 0.370 e. The standard InChI is InChI=1S/C11H12O5/c1-6-3-4-8(11(14)15)5-9(6)16-7(2)10(12)13/h3-6,9H,2H2,1H3,(H,12,13)(H,14,15). The Kier molecular flexibility index (Phi) is 3.50. The number of carbonyl (C=O) groups is 2. The first kappa shape index (κ1) is 12.0. The fourth-order valence-corrected chi connectivity index (χ4v) is 1.25. The number of hydrogen-bond acceptors (Lipinski definition) is 3. The number of aliphatic carboxylic acids is 2. The molecule has 0 aromatic carbocycles. The molecular weight excluding hydrogens is 212 g/mol. The lowest BCUT2D eigenvalue weighted by Crippen LogP contribution is -2.24. The van der Waals surface area contributed by atoms with E-state index in [1.807, 2.05) is 0 Å². The Bertz CT molecular complexity index is 391. The quantitative estimate of drug-likeness (QED) is 0.553. The summed E-state index contributed by atoms with van der Waals surface area (Å²) in [6.07, 6.45) is 3.89. The number of carboxylic acids is 2. The van der Waals surface area contributed by atoms with Gasteiger partial charge in [0.05, 0.1) is 5.57 Å². The molecule has 16 heavy (non-hydrogen) atoms. The van der Waals surface area contributed by atoms with Crippen molar-refractivity contribution in [2.24, 2.45) is 5.92 Å². The number of carboxylic acid groups (broad SMARTS) is 2. The van der Waals surface area contributed by atoms with E-state index in [4.69, 9.17) is 14.9 Å². The van der Waals surface area contributed by atoms with Crippen molar-refractivity contribution in [2.75, 3.05) is 0 Å². The molecule has 5 heteroatoms. The second-order valence-corrected chi connectivity index (χ2v) is 3.46. The van der Waals surface area contributed by atoms with Crippen molar-refractivity contribution in [2.45, 2.75) is 13.0 Å². The summed E-state index contributed by atoms with van der Waals surface area (Å²) in [4.78, 5) is 21.2. The van der Waals surface area contributed by atoms with E-state index in [-0.39, 0.29) is 11.5 Å². The number of hydrogen-bond donors (Lipinski definition) is 2. The van der Waals surface area contributed by atoms with Gasteiger partial charge in [-0.15, -0.1) is 0 Å². The van der Waals surface area contributed by atoms with Crippen LogP contribution in [0.1, 0.15) is 6.92 Å². The molecule has 0 bridgehead atoms. The van der Waals surface area contributed by atoms with Crippen molar-refractivity contribution in [3.63, 3.8) is 0 Å². The highest BCUT2D eigenvalue weighted by Gasteiger charge is 2.23. The summed E-state index contributed by atoms with van der Waals surface area (Å²) in [6, 6.07) is 0. The summed E-state index contributed by atoms with van der Waals surface area (Å²) in [5.74, 6) is -2.82. The van der Waals surface area contributed by atoms with Crippen LogP contribution in [0.2, 0.25) is 0 Å². The Hall–Kier alpha value is -2.04. The maximum absolute atomic E-state index is 10.7. The van der Waals surface area contributed by atoms with E-state index in [2.05, 4.69) is 6.58 Å². The molecule has 0 spiro atoms. The van der Waals surface area contributed by atoms with Crippen LogP contribution in [-0.4, -0.2) is 28.3 Å². The van der Waals surface area contributed by atoms with Crippen LogP contribution in [0.25, 0.3) is 0 Å². The Morgan fingerprint density at radius 3 is 2.56 bits per heavy atom. The highest BCUT2D eigenvalue weighted by Crippen LogP contribution is 2.21. The van der Waals surface area contributed by atoms with E-state index in [0.29, 0.717) is 0 Å². The van der Waals surface area contributed by atoms with Crippen LogP contribution in [-0.2, 0) is 14.3 Å². The minimum atomic E-state index is -1.26. The molecule has 86 valence electrons. The van der Waals surface area contributed by atoms with E-state index in [9.17, 15) is 9.59 Å². The average Bonchev–Trinajstić information content (AvgIpc) is 2.20. The monoisotopic (exact) mass is 224 g/mol. The minimum Gasteiger partial charge on any atom is -0.479 e. The Morgan fingerprint density at radius 2 is 2.06 bits per heavy atom. The zero-order valence-corrected chi connectivity index (χ0v) is 8.71. The van der Waals surface area contributed by atoms with Crippen molar-refractivity contribution in [3.8, 4) is 0 Å². The van der Waals surface area contributed by atoms with Crippen molar-refractivity contribution in [1.82, 2.24) is 0 Å². The lowest BCUT2D eigenvalue weighted by molar-refractivity contribution is -0.137. The van der Waals surface area contributed by atoms with Gasteiger partial charge in [-0.2, -0.15) is 0 Å². The zero-order valence-electron chi connectivity index (χ0n) is 8.71. The summed E-state index contributed by atoms with van der Waals surface area (Å²) in [5.41, 5.74) is 0.0845. The lowest BCUT2D eigenvalue weighted by atomic mass is 9.95. The predicted molar refractivity (Wildman–Crippen MR) is 55.7 cm³/mol. The predicted octanol–water partition coefficient (Wildman–Crippen LogP) is 1.19. The Morgan fingerprint density at radius 1 is 1.44 bits per heavy atom. The number of rotatable bonds is 4. The summed E-state index contributed by atoms with van der Waals surface area (Å²) < 4.78 is 5.06. The molecule has 0 heterocycles. The molecule has 2 atom stereocenters. The topological polar surface area (TPSA) is 83.8 Å². The van der Waals surface area contributed by atoms with Gasteiger partial charge in [0.1, 0.15) is 6.10 Å². The third kappa shape index (κ3) is 2.73. The first-order valence-electron chi connectivity index (χ1n) is 4.64. The molecule has 0 saturated heterocycles. The molecule has 2 unspecified atom stereocenters. The molecule has 0 radical (unpaired) electrons. The molecule has 1 rings (SSSR count). The van der Waals surface area contributed by atoms with E-state index >= 15 is 0 Å². The van der Waals surface area contributed by atoms with Gasteiger partial charge in [-0.25, -0.2) is 9.59 Å². The van der Waals surface area contributed by atoms with Crippen LogP contribution < -0.4 is 0 Å². The fourth-order valence-electron chi connectivity index (χ4n) is 1.25. The highest BCUT2D eigenvalue weighted by molar-refractivity contribution is 5.90. The van der Waals surface area contributed by atoms with Crippen LogP contribution in [0.15, 0.2) is 36.1 Å². The maximum atomic E-state index is 10.7. The van der Waals surface area contributed by atoms with Crippen LogP contribution in [0, 0.1) is 5.92 Å². The molecule has 0 fully saturated rings. The molecular formula is C11H12O5. The molecule has 0 aliphatic heterocycles. The van der Waals surface area contributed by atoms with Crippen LogP contribution in [0.4, 0.5) is 0 Å². The molecule has 0 aromatic rings. The summed E-state index contributed by atoms with van der Waals surface area (Å²) >= 11 is 0. The number of ether oxygens (including phenoxy) is 1. The van der Waals surface area contributed by atoms with E-state index in [0.717, 1.165) is 0 Å². The van der Waals surface area contributed by atoms with Crippen molar-refractivity contribution < 1.29 is 24.5 Å². The second-order valence-electron chi connectivity index (χ2n) is 3.46. The van der Waals surface area contributed by atoms with Crippen LogP contribution in [0.3, 0.4) is 0 Å². The Labute approximate surface area is 92.3 Å². The molecule has 0 amide bonds. The third-order valence-electron chi connectivity index (χ3n) is 2.21. The first-order valence-corrected chi connectivity index (χ1v) is 4.64. The average molecular weight is 224 g/mol. The normalized spacial score (nSPS) is 23.4. The minimum absolute atomic E-state index is 0.0845. The highest BCUT2D eigenvalue weighted by atomic mass is 16.5. The van der Waals surface area contributed by atoms with Gasteiger partial charge < -0.3 is 14.9 Å².